The van der Waals surface area contributed by atoms with Gasteiger partial charge in [-0.25, -0.2) is 0 Å². The van der Waals surface area contributed by atoms with Gasteiger partial charge in [0, 0.05) is 12.5 Å². The summed E-state index contributed by atoms with van der Waals surface area (Å²) in [5.41, 5.74) is -0.673. The fourth-order valence-corrected chi connectivity index (χ4v) is 1.96. The van der Waals surface area contributed by atoms with E-state index in [4.69, 9.17) is 0 Å². The summed E-state index contributed by atoms with van der Waals surface area (Å²) in [5, 5.41) is 9.45. The first-order valence-corrected chi connectivity index (χ1v) is 6.83. The maximum absolute atomic E-state index is 12.5. The van der Waals surface area contributed by atoms with Crippen LogP contribution in [-0.4, -0.2) is 47.7 Å². The van der Waals surface area contributed by atoms with Crippen LogP contribution >= 0.6 is 0 Å². The molecule has 0 heterocycles. The summed E-state index contributed by atoms with van der Waals surface area (Å²) in [6, 6.07) is 0. The Kier molecular flexibility index (Phi) is 7.68. The molecule has 0 fully saturated rings. The Balaban J connectivity index is 4.96. The zero-order valence-electron chi connectivity index (χ0n) is 12.7. The Hall–Kier alpha value is -1.10. The molecule has 0 aromatic carbocycles. The lowest BCUT2D eigenvalue weighted by Crippen LogP contribution is -2.52. The number of carbonyl (C=O) groups excluding carboxylic acids is 2. The Morgan fingerprint density at radius 1 is 1.26 bits per heavy atom. The summed E-state index contributed by atoms with van der Waals surface area (Å²) >= 11 is 0. The molecule has 0 aromatic rings. The van der Waals surface area contributed by atoms with Crippen LogP contribution in [0.3, 0.4) is 0 Å². The van der Waals surface area contributed by atoms with Gasteiger partial charge in [-0.15, -0.1) is 0 Å². The monoisotopic (exact) mass is 273 g/mol. The minimum absolute atomic E-state index is 0.00652. The molecule has 0 saturated carbocycles. The van der Waals surface area contributed by atoms with Gasteiger partial charge in [0.1, 0.15) is 0 Å². The molecule has 5 heteroatoms. The van der Waals surface area contributed by atoms with Gasteiger partial charge in [-0.05, 0) is 26.7 Å². The summed E-state index contributed by atoms with van der Waals surface area (Å²) < 4.78 is 4.60. The molecule has 0 saturated heterocycles. The first kappa shape index (κ1) is 17.9. The van der Waals surface area contributed by atoms with Gasteiger partial charge in [0.15, 0.2) is 0 Å². The number of hydrogen-bond donors (Lipinski definition) is 1. The van der Waals surface area contributed by atoms with Crippen LogP contribution in [0.25, 0.3) is 0 Å². The quantitative estimate of drug-likeness (QED) is 0.682. The van der Waals surface area contributed by atoms with E-state index < -0.39 is 5.54 Å². The van der Waals surface area contributed by atoms with Crippen LogP contribution in [0.5, 0.6) is 0 Å². The number of hydrogen-bond acceptors (Lipinski definition) is 4. The fraction of sp³-hybridized carbons (Fsp3) is 0.857. The third-order valence-electron chi connectivity index (χ3n) is 3.49. The summed E-state index contributed by atoms with van der Waals surface area (Å²) in [6.07, 6.45) is 1.66. The second-order valence-corrected chi connectivity index (χ2v) is 5.30. The number of ether oxygens (including phenoxy) is 1. The van der Waals surface area contributed by atoms with Crippen molar-refractivity contribution in [2.45, 2.75) is 52.5 Å². The number of methoxy groups -OCH3 is 1. The molecule has 19 heavy (non-hydrogen) atoms. The van der Waals surface area contributed by atoms with E-state index in [0.717, 1.165) is 12.8 Å². The first-order chi connectivity index (χ1) is 8.83. The number of amides is 1. The topological polar surface area (TPSA) is 66.8 Å². The minimum atomic E-state index is -0.673. The van der Waals surface area contributed by atoms with Gasteiger partial charge in [0.05, 0.1) is 25.7 Å². The van der Waals surface area contributed by atoms with Crippen LogP contribution in [0.1, 0.15) is 47.0 Å². The van der Waals surface area contributed by atoms with E-state index in [9.17, 15) is 14.7 Å². The van der Waals surface area contributed by atoms with E-state index in [-0.39, 0.29) is 37.4 Å². The Morgan fingerprint density at radius 3 is 2.16 bits per heavy atom. The number of carbonyl (C=O) groups is 2. The van der Waals surface area contributed by atoms with E-state index in [1.807, 2.05) is 13.8 Å². The average Bonchev–Trinajstić information content (AvgIpc) is 2.39. The van der Waals surface area contributed by atoms with E-state index in [1.165, 1.54) is 7.11 Å². The van der Waals surface area contributed by atoms with Crippen LogP contribution < -0.4 is 0 Å². The molecule has 0 aliphatic heterocycles. The van der Waals surface area contributed by atoms with E-state index in [1.54, 1.807) is 18.7 Å². The Bertz CT molecular complexity index is 298. The molecule has 0 aliphatic carbocycles. The van der Waals surface area contributed by atoms with Crippen molar-refractivity contribution in [3.8, 4) is 0 Å². The van der Waals surface area contributed by atoms with Gasteiger partial charge in [-0.3, -0.25) is 9.59 Å². The van der Waals surface area contributed by atoms with Gasteiger partial charge in [0.2, 0.25) is 5.91 Å². The predicted molar refractivity (Wildman–Crippen MR) is 73.6 cm³/mol. The van der Waals surface area contributed by atoms with Crippen molar-refractivity contribution in [3.63, 3.8) is 0 Å². The summed E-state index contributed by atoms with van der Waals surface area (Å²) in [4.78, 5) is 25.3. The lowest BCUT2D eigenvalue weighted by molar-refractivity contribution is -0.146. The van der Waals surface area contributed by atoms with Crippen molar-refractivity contribution < 1.29 is 19.4 Å². The molecule has 5 nitrogen and oxygen atoms in total. The second kappa shape index (κ2) is 8.15. The van der Waals surface area contributed by atoms with Gasteiger partial charge >= 0.3 is 5.97 Å². The number of nitrogens with zero attached hydrogens (tertiary/aromatic N) is 1. The highest BCUT2D eigenvalue weighted by molar-refractivity contribution is 5.80. The predicted octanol–water partition coefficient (Wildman–Crippen LogP) is 1.59. The van der Waals surface area contributed by atoms with Crippen LogP contribution in [0.15, 0.2) is 0 Å². The van der Waals surface area contributed by atoms with E-state index in [0.29, 0.717) is 0 Å². The summed E-state index contributed by atoms with van der Waals surface area (Å²) in [7, 11) is 1.33. The van der Waals surface area contributed by atoms with Crippen molar-refractivity contribution in [3.05, 3.63) is 0 Å². The molecule has 112 valence electrons. The highest BCUT2D eigenvalue weighted by atomic mass is 16.5. The molecule has 0 bridgehead atoms. The average molecular weight is 273 g/mol. The fourth-order valence-electron chi connectivity index (χ4n) is 1.96. The molecule has 0 rings (SSSR count). The molecular weight excluding hydrogens is 246 g/mol. The second-order valence-electron chi connectivity index (χ2n) is 5.30. The standard InChI is InChI=1S/C14H27NO4/c1-6-11(7-2)13(18)15(14(3,4)10-16)9-8-12(17)19-5/h11,16H,6-10H2,1-5H3. The normalized spacial score (nSPS) is 11.5. The van der Waals surface area contributed by atoms with E-state index >= 15 is 0 Å². The molecule has 0 aliphatic rings. The van der Waals surface area contributed by atoms with Crippen molar-refractivity contribution in [2.24, 2.45) is 5.92 Å². The molecule has 0 atom stereocenters. The van der Waals surface area contributed by atoms with Gasteiger partial charge in [-0.1, -0.05) is 13.8 Å². The third kappa shape index (κ3) is 5.19. The highest BCUT2D eigenvalue weighted by Gasteiger charge is 2.33. The van der Waals surface area contributed by atoms with Gasteiger partial charge < -0.3 is 14.7 Å². The molecule has 0 unspecified atom stereocenters. The molecule has 0 spiro atoms. The summed E-state index contributed by atoms with van der Waals surface area (Å²) in [5.74, 6) is -0.424. The molecule has 1 N–H and O–H groups in total. The zero-order chi connectivity index (χ0) is 15.1. The number of aliphatic hydroxyl groups excluding tert-OH is 1. The molecule has 1 amide bonds. The SMILES string of the molecule is CCC(CC)C(=O)N(CCC(=O)OC)C(C)(C)CO. The smallest absolute Gasteiger partial charge is 0.307 e. The van der Waals surface area contributed by atoms with Crippen LogP contribution in [0.4, 0.5) is 0 Å². The minimum Gasteiger partial charge on any atom is -0.469 e. The first-order valence-electron chi connectivity index (χ1n) is 6.83. The molecule has 0 aromatic heterocycles. The van der Waals surface area contributed by atoms with Crippen molar-refractivity contribution in [1.82, 2.24) is 4.90 Å². The Labute approximate surface area is 115 Å². The number of rotatable bonds is 8. The zero-order valence-corrected chi connectivity index (χ0v) is 12.7. The van der Waals surface area contributed by atoms with Crippen LogP contribution in [0.2, 0.25) is 0 Å². The van der Waals surface area contributed by atoms with Crippen molar-refractivity contribution in [2.75, 3.05) is 20.3 Å². The van der Waals surface area contributed by atoms with Crippen molar-refractivity contribution in [1.29, 1.82) is 0 Å². The number of aliphatic hydroxyl groups is 1. The van der Waals surface area contributed by atoms with Gasteiger partial charge in [-0.2, -0.15) is 0 Å². The van der Waals surface area contributed by atoms with E-state index in [2.05, 4.69) is 4.74 Å². The van der Waals surface area contributed by atoms with Gasteiger partial charge in [0.25, 0.3) is 0 Å². The largest absolute Gasteiger partial charge is 0.469 e. The number of esters is 1. The maximum atomic E-state index is 12.5. The lowest BCUT2D eigenvalue weighted by atomic mass is 9.96. The lowest BCUT2D eigenvalue weighted by Gasteiger charge is -2.39. The molecule has 0 radical (unpaired) electrons. The summed E-state index contributed by atoms with van der Waals surface area (Å²) in [6.45, 7) is 7.66. The Morgan fingerprint density at radius 2 is 1.79 bits per heavy atom. The maximum Gasteiger partial charge on any atom is 0.307 e. The molecular formula is C14H27NO4. The van der Waals surface area contributed by atoms with Crippen LogP contribution in [-0.2, 0) is 14.3 Å². The highest BCUT2D eigenvalue weighted by Crippen LogP contribution is 2.21. The third-order valence-corrected chi connectivity index (χ3v) is 3.49. The van der Waals surface area contributed by atoms with Crippen LogP contribution in [0, 0.1) is 5.92 Å². The van der Waals surface area contributed by atoms with Crippen molar-refractivity contribution >= 4 is 11.9 Å².